The van der Waals surface area contributed by atoms with Crippen molar-refractivity contribution in [2.45, 2.75) is 12.9 Å². The van der Waals surface area contributed by atoms with Gasteiger partial charge in [-0.1, -0.05) is 48.5 Å². The SMILES string of the molecule is O=C(OCc1ccccc1)C1=COC(Oc2ccccc2)C=C1. The summed E-state index contributed by atoms with van der Waals surface area (Å²) in [5.41, 5.74) is 1.29. The van der Waals surface area contributed by atoms with Crippen LogP contribution in [0.4, 0.5) is 0 Å². The lowest BCUT2D eigenvalue weighted by Gasteiger charge is -2.18. The number of carbonyl (C=O) groups is 1. The zero-order chi connectivity index (χ0) is 15.9. The molecule has 2 aromatic carbocycles. The number of para-hydroxylation sites is 1. The molecular formula is C19H16O4. The third kappa shape index (κ3) is 4.23. The molecule has 4 heteroatoms. The third-order valence-corrected chi connectivity index (χ3v) is 3.21. The topological polar surface area (TPSA) is 44.8 Å². The van der Waals surface area contributed by atoms with Gasteiger partial charge in [0.25, 0.3) is 6.29 Å². The van der Waals surface area contributed by atoms with Gasteiger partial charge in [-0.25, -0.2) is 4.79 Å². The second-order valence-electron chi connectivity index (χ2n) is 4.93. The molecule has 116 valence electrons. The van der Waals surface area contributed by atoms with E-state index in [0.717, 1.165) is 5.56 Å². The Labute approximate surface area is 134 Å². The Morgan fingerprint density at radius 2 is 1.70 bits per heavy atom. The summed E-state index contributed by atoms with van der Waals surface area (Å²) in [7, 11) is 0. The number of benzene rings is 2. The van der Waals surface area contributed by atoms with E-state index in [4.69, 9.17) is 14.2 Å². The lowest BCUT2D eigenvalue weighted by molar-refractivity contribution is -0.140. The van der Waals surface area contributed by atoms with E-state index in [1.54, 1.807) is 12.2 Å². The Morgan fingerprint density at radius 3 is 2.35 bits per heavy atom. The quantitative estimate of drug-likeness (QED) is 0.792. The Bertz CT molecular complexity index is 705. The van der Waals surface area contributed by atoms with Crippen LogP contribution in [0.25, 0.3) is 0 Å². The first-order valence-electron chi connectivity index (χ1n) is 7.28. The van der Waals surface area contributed by atoms with Crippen molar-refractivity contribution in [1.29, 1.82) is 0 Å². The Balaban J connectivity index is 1.50. The predicted octanol–water partition coefficient (Wildman–Crippen LogP) is 3.61. The molecule has 1 atom stereocenters. The fraction of sp³-hybridized carbons (Fsp3) is 0.105. The van der Waals surface area contributed by atoms with E-state index in [9.17, 15) is 4.79 Å². The molecule has 4 nitrogen and oxygen atoms in total. The summed E-state index contributed by atoms with van der Waals surface area (Å²) in [5, 5.41) is 0. The van der Waals surface area contributed by atoms with Crippen LogP contribution in [0.3, 0.4) is 0 Å². The summed E-state index contributed by atoms with van der Waals surface area (Å²) in [6.07, 6.45) is 4.13. The Kier molecular flexibility index (Phi) is 4.74. The van der Waals surface area contributed by atoms with Gasteiger partial charge in [-0.05, 0) is 29.8 Å². The molecule has 0 bridgehead atoms. The van der Waals surface area contributed by atoms with E-state index in [1.807, 2.05) is 60.7 Å². The highest BCUT2D eigenvalue weighted by molar-refractivity contribution is 5.91. The minimum absolute atomic E-state index is 0.231. The van der Waals surface area contributed by atoms with E-state index >= 15 is 0 Å². The number of hydrogen-bond donors (Lipinski definition) is 0. The van der Waals surface area contributed by atoms with E-state index in [-0.39, 0.29) is 6.61 Å². The van der Waals surface area contributed by atoms with Crippen LogP contribution in [-0.2, 0) is 20.9 Å². The monoisotopic (exact) mass is 308 g/mol. The summed E-state index contributed by atoms with van der Waals surface area (Å²) in [4.78, 5) is 12.0. The van der Waals surface area contributed by atoms with Gasteiger partial charge in [-0.3, -0.25) is 0 Å². The molecule has 1 aliphatic heterocycles. The van der Waals surface area contributed by atoms with Crippen LogP contribution in [0.2, 0.25) is 0 Å². The van der Waals surface area contributed by atoms with Crippen LogP contribution >= 0.6 is 0 Å². The molecular weight excluding hydrogens is 292 g/mol. The summed E-state index contributed by atoms with van der Waals surface area (Å²) < 4.78 is 16.2. The van der Waals surface area contributed by atoms with Crippen molar-refractivity contribution in [3.8, 4) is 5.75 Å². The van der Waals surface area contributed by atoms with E-state index in [1.165, 1.54) is 6.26 Å². The molecule has 0 saturated heterocycles. The van der Waals surface area contributed by atoms with Gasteiger partial charge in [0.1, 0.15) is 18.6 Å². The van der Waals surface area contributed by atoms with Crippen molar-refractivity contribution in [2.24, 2.45) is 0 Å². The molecule has 23 heavy (non-hydrogen) atoms. The zero-order valence-corrected chi connectivity index (χ0v) is 12.4. The molecule has 1 unspecified atom stereocenters. The number of hydrogen-bond acceptors (Lipinski definition) is 4. The molecule has 1 aliphatic rings. The van der Waals surface area contributed by atoms with Crippen LogP contribution < -0.4 is 4.74 Å². The van der Waals surface area contributed by atoms with Gasteiger partial charge < -0.3 is 14.2 Å². The summed E-state index contributed by atoms with van der Waals surface area (Å²) >= 11 is 0. The maximum Gasteiger partial charge on any atom is 0.341 e. The molecule has 0 aromatic heterocycles. The molecule has 2 aromatic rings. The van der Waals surface area contributed by atoms with Crippen LogP contribution in [0.1, 0.15) is 5.56 Å². The molecule has 0 aliphatic carbocycles. The van der Waals surface area contributed by atoms with Crippen LogP contribution in [0, 0.1) is 0 Å². The van der Waals surface area contributed by atoms with Crippen LogP contribution in [0.15, 0.2) is 84.7 Å². The smallest absolute Gasteiger partial charge is 0.341 e. The minimum atomic E-state index is -0.553. The Morgan fingerprint density at radius 1 is 1.00 bits per heavy atom. The van der Waals surface area contributed by atoms with E-state index in [2.05, 4.69) is 0 Å². The van der Waals surface area contributed by atoms with E-state index in [0.29, 0.717) is 11.3 Å². The maximum absolute atomic E-state index is 12.0. The molecule has 0 N–H and O–H groups in total. The number of esters is 1. The molecule has 0 spiro atoms. The normalized spacial score (nSPS) is 16.2. The summed E-state index contributed by atoms with van der Waals surface area (Å²) in [5.74, 6) is 0.272. The number of ether oxygens (including phenoxy) is 3. The van der Waals surface area contributed by atoms with Gasteiger partial charge in [-0.15, -0.1) is 0 Å². The first kappa shape index (κ1) is 14.9. The largest absolute Gasteiger partial charge is 0.458 e. The first-order chi connectivity index (χ1) is 11.3. The van der Waals surface area contributed by atoms with Crippen molar-refractivity contribution >= 4 is 5.97 Å². The number of carbonyl (C=O) groups excluding carboxylic acids is 1. The predicted molar refractivity (Wildman–Crippen MR) is 85.4 cm³/mol. The van der Waals surface area contributed by atoms with Crippen molar-refractivity contribution in [1.82, 2.24) is 0 Å². The highest BCUT2D eigenvalue weighted by Crippen LogP contribution is 2.17. The minimum Gasteiger partial charge on any atom is -0.458 e. The second-order valence-corrected chi connectivity index (χ2v) is 4.93. The highest BCUT2D eigenvalue weighted by Gasteiger charge is 2.16. The fourth-order valence-electron chi connectivity index (χ4n) is 2.03. The standard InChI is InChI=1S/C19H16O4/c20-19(22-13-15-7-3-1-4-8-15)16-11-12-18(21-14-16)23-17-9-5-2-6-10-17/h1-12,14,18H,13H2. The highest BCUT2D eigenvalue weighted by atomic mass is 16.7. The average Bonchev–Trinajstić information content (AvgIpc) is 2.62. The lowest BCUT2D eigenvalue weighted by Crippen LogP contribution is -2.20. The van der Waals surface area contributed by atoms with Gasteiger partial charge >= 0.3 is 5.97 Å². The average molecular weight is 308 g/mol. The third-order valence-electron chi connectivity index (χ3n) is 3.21. The summed E-state index contributed by atoms with van der Waals surface area (Å²) in [6, 6.07) is 18.9. The fourth-order valence-corrected chi connectivity index (χ4v) is 2.03. The van der Waals surface area contributed by atoms with E-state index < -0.39 is 12.3 Å². The molecule has 0 fully saturated rings. The van der Waals surface area contributed by atoms with Crippen molar-refractivity contribution < 1.29 is 19.0 Å². The molecule has 0 amide bonds. The Hall–Kier alpha value is -3.01. The van der Waals surface area contributed by atoms with Crippen molar-refractivity contribution in [2.75, 3.05) is 0 Å². The van der Waals surface area contributed by atoms with Gasteiger partial charge in [-0.2, -0.15) is 0 Å². The van der Waals surface area contributed by atoms with Crippen molar-refractivity contribution in [3.63, 3.8) is 0 Å². The lowest BCUT2D eigenvalue weighted by atomic mass is 10.2. The molecule has 3 rings (SSSR count). The van der Waals surface area contributed by atoms with Gasteiger partial charge in [0.15, 0.2) is 0 Å². The van der Waals surface area contributed by atoms with Crippen molar-refractivity contribution in [3.05, 3.63) is 90.2 Å². The van der Waals surface area contributed by atoms with Gasteiger partial charge in [0, 0.05) is 0 Å². The molecule has 0 radical (unpaired) electrons. The summed E-state index contributed by atoms with van der Waals surface area (Å²) in [6.45, 7) is 0.231. The molecule has 1 heterocycles. The molecule has 0 saturated carbocycles. The first-order valence-corrected chi connectivity index (χ1v) is 7.28. The van der Waals surface area contributed by atoms with Gasteiger partial charge in [0.2, 0.25) is 0 Å². The van der Waals surface area contributed by atoms with Crippen LogP contribution in [-0.4, -0.2) is 12.3 Å². The maximum atomic E-state index is 12.0. The zero-order valence-electron chi connectivity index (χ0n) is 12.4. The van der Waals surface area contributed by atoms with Gasteiger partial charge in [0.05, 0.1) is 5.57 Å². The number of rotatable bonds is 5. The van der Waals surface area contributed by atoms with Crippen LogP contribution in [0.5, 0.6) is 5.75 Å². The second kappa shape index (κ2) is 7.31.